The molecule has 0 saturated carbocycles. The molecule has 0 heterocycles. The topological polar surface area (TPSA) is 35.8 Å². The zero-order valence-corrected chi connectivity index (χ0v) is 14.2. The van der Waals surface area contributed by atoms with E-state index in [-0.39, 0.29) is 0 Å². The summed E-state index contributed by atoms with van der Waals surface area (Å²) in [5.74, 6) is 1.08. The van der Waals surface area contributed by atoms with Gasteiger partial charge in [0.05, 0.1) is 6.07 Å². The molecule has 1 aromatic carbocycles. The van der Waals surface area contributed by atoms with Crippen LogP contribution in [0.3, 0.4) is 0 Å². The molecule has 2 rings (SSSR count). The van der Waals surface area contributed by atoms with E-state index in [1.165, 1.54) is 29.7 Å². The van der Waals surface area contributed by atoms with Gasteiger partial charge in [-0.1, -0.05) is 6.07 Å². The molecule has 0 spiro atoms. The van der Waals surface area contributed by atoms with Gasteiger partial charge in [-0.25, -0.2) is 0 Å². The van der Waals surface area contributed by atoms with Crippen LogP contribution in [0.2, 0.25) is 0 Å². The molecule has 0 saturated heterocycles. The van der Waals surface area contributed by atoms with Crippen molar-refractivity contribution in [2.75, 3.05) is 5.75 Å². The van der Waals surface area contributed by atoms with Crippen molar-refractivity contribution in [2.24, 2.45) is 0 Å². The molecular formula is C18H26N2S. The summed E-state index contributed by atoms with van der Waals surface area (Å²) in [7, 11) is 0. The van der Waals surface area contributed by atoms with Crippen molar-refractivity contribution in [3.8, 4) is 6.07 Å². The molecular weight excluding hydrogens is 276 g/mol. The summed E-state index contributed by atoms with van der Waals surface area (Å²) in [6, 6.07) is 9.68. The predicted octanol–water partition coefficient (Wildman–Crippen LogP) is 4.33. The Hall–Kier alpha value is -0.980. The molecule has 0 fully saturated rings. The molecule has 1 aromatic rings. The number of rotatable bonds is 7. The van der Waals surface area contributed by atoms with Gasteiger partial charge in [0.1, 0.15) is 5.54 Å². The van der Waals surface area contributed by atoms with Crippen LogP contribution in [-0.2, 0) is 12.8 Å². The second-order valence-electron chi connectivity index (χ2n) is 6.48. The van der Waals surface area contributed by atoms with Gasteiger partial charge in [-0.05, 0) is 81.9 Å². The maximum Gasteiger partial charge on any atom is 0.104 e. The number of hydrogen-bond acceptors (Lipinski definition) is 3. The first kappa shape index (κ1) is 16.4. The first-order valence-corrected chi connectivity index (χ1v) is 8.94. The minimum Gasteiger partial charge on any atom is -0.297 e. The number of fused-ring (bicyclic) bond motifs is 1. The lowest BCUT2D eigenvalue weighted by molar-refractivity contribution is 0.380. The molecule has 114 valence electrons. The Balaban J connectivity index is 1.78. The van der Waals surface area contributed by atoms with Gasteiger partial charge in [0.2, 0.25) is 0 Å². The van der Waals surface area contributed by atoms with Crippen LogP contribution in [0, 0.1) is 11.3 Å². The Morgan fingerprint density at radius 3 is 2.81 bits per heavy atom. The van der Waals surface area contributed by atoms with Crippen molar-refractivity contribution in [3.63, 3.8) is 0 Å². The van der Waals surface area contributed by atoms with Crippen LogP contribution < -0.4 is 5.32 Å². The summed E-state index contributed by atoms with van der Waals surface area (Å²) >= 11 is 1.92. The predicted molar refractivity (Wildman–Crippen MR) is 90.7 cm³/mol. The van der Waals surface area contributed by atoms with Crippen molar-refractivity contribution in [3.05, 3.63) is 29.3 Å². The number of hydrogen-bond donors (Lipinski definition) is 1. The summed E-state index contributed by atoms with van der Waals surface area (Å²) < 4.78 is 0. The third kappa shape index (κ3) is 4.76. The van der Waals surface area contributed by atoms with Crippen molar-refractivity contribution in [1.29, 1.82) is 5.26 Å². The third-order valence-electron chi connectivity index (χ3n) is 4.01. The van der Waals surface area contributed by atoms with E-state index in [0.29, 0.717) is 6.04 Å². The quantitative estimate of drug-likeness (QED) is 0.601. The van der Waals surface area contributed by atoms with E-state index in [0.717, 1.165) is 18.6 Å². The summed E-state index contributed by atoms with van der Waals surface area (Å²) in [6.45, 7) is 6.19. The van der Waals surface area contributed by atoms with Gasteiger partial charge in [0.25, 0.3) is 0 Å². The number of nitrogens with zero attached hydrogens (tertiary/aromatic N) is 1. The zero-order valence-electron chi connectivity index (χ0n) is 13.4. The lowest BCUT2D eigenvalue weighted by Crippen LogP contribution is -2.44. The summed E-state index contributed by atoms with van der Waals surface area (Å²) in [4.78, 5) is 1.38. The third-order valence-corrected chi connectivity index (χ3v) is 5.09. The average Bonchev–Trinajstić information content (AvgIpc) is 2.90. The SMILES string of the molecule is CC(C)NC(C)(C#N)CCCSc1ccc2c(c1)CCC2. The molecule has 3 heteroatoms. The van der Waals surface area contributed by atoms with Crippen molar-refractivity contribution in [1.82, 2.24) is 5.32 Å². The Morgan fingerprint density at radius 1 is 1.33 bits per heavy atom. The van der Waals surface area contributed by atoms with Gasteiger partial charge in [-0.15, -0.1) is 11.8 Å². The van der Waals surface area contributed by atoms with Gasteiger partial charge in [0.15, 0.2) is 0 Å². The first-order chi connectivity index (χ1) is 10.0. The average molecular weight is 302 g/mol. The molecule has 0 aromatic heterocycles. The normalized spacial score (nSPS) is 16.5. The zero-order chi connectivity index (χ0) is 15.3. The van der Waals surface area contributed by atoms with Crippen molar-refractivity contribution < 1.29 is 0 Å². The minimum atomic E-state index is -0.396. The molecule has 0 aliphatic heterocycles. The van der Waals surface area contributed by atoms with Gasteiger partial charge < -0.3 is 0 Å². The van der Waals surface area contributed by atoms with E-state index < -0.39 is 5.54 Å². The summed E-state index contributed by atoms with van der Waals surface area (Å²) in [5.41, 5.74) is 2.69. The fourth-order valence-electron chi connectivity index (χ4n) is 3.05. The minimum absolute atomic E-state index is 0.346. The van der Waals surface area contributed by atoms with Crippen LogP contribution in [0.4, 0.5) is 0 Å². The second-order valence-corrected chi connectivity index (χ2v) is 7.65. The molecule has 1 aliphatic carbocycles. The first-order valence-electron chi connectivity index (χ1n) is 7.96. The van der Waals surface area contributed by atoms with Crippen LogP contribution in [0.5, 0.6) is 0 Å². The van der Waals surface area contributed by atoms with Crippen LogP contribution in [0.15, 0.2) is 23.1 Å². The Morgan fingerprint density at radius 2 is 2.10 bits per heavy atom. The van der Waals surface area contributed by atoms with Crippen molar-refractivity contribution in [2.45, 2.75) is 69.4 Å². The molecule has 21 heavy (non-hydrogen) atoms. The van der Waals surface area contributed by atoms with E-state index in [2.05, 4.69) is 43.4 Å². The highest BCUT2D eigenvalue weighted by molar-refractivity contribution is 7.99. The van der Waals surface area contributed by atoms with E-state index in [9.17, 15) is 5.26 Å². The highest BCUT2D eigenvalue weighted by Crippen LogP contribution is 2.28. The lowest BCUT2D eigenvalue weighted by atomic mass is 9.97. The van der Waals surface area contributed by atoms with Crippen LogP contribution in [-0.4, -0.2) is 17.3 Å². The maximum atomic E-state index is 9.34. The largest absolute Gasteiger partial charge is 0.297 e. The fraction of sp³-hybridized carbons (Fsp3) is 0.611. The number of nitriles is 1. The lowest BCUT2D eigenvalue weighted by Gasteiger charge is -2.25. The molecule has 2 nitrogen and oxygen atoms in total. The smallest absolute Gasteiger partial charge is 0.104 e. The van der Waals surface area contributed by atoms with E-state index in [4.69, 9.17) is 0 Å². The summed E-state index contributed by atoms with van der Waals surface area (Å²) in [5, 5.41) is 12.7. The molecule has 0 radical (unpaired) electrons. The Labute approximate surface area is 133 Å². The van der Waals surface area contributed by atoms with E-state index in [1.807, 2.05) is 18.7 Å². The molecule has 1 N–H and O–H groups in total. The van der Waals surface area contributed by atoms with Crippen LogP contribution in [0.1, 0.15) is 51.2 Å². The van der Waals surface area contributed by atoms with Gasteiger partial charge in [-0.2, -0.15) is 5.26 Å². The molecule has 1 atom stereocenters. The number of thioether (sulfide) groups is 1. The van der Waals surface area contributed by atoms with Crippen LogP contribution in [0.25, 0.3) is 0 Å². The summed E-state index contributed by atoms with van der Waals surface area (Å²) in [6.07, 6.45) is 5.77. The number of benzene rings is 1. The number of aryl methyl sites for hydroxylation is 2. The highest BCUT2D eigenvalue weighted by Gasteiger charge is 2.23. The maximum absolute atomic E-state index is 9.34. The highest BCUT2D eigenvalue weighted by atomic mass is 32.2. The standard InChI is InChI=1S/C18H26N2S/c1-14(2)20-18(3,13-19)10-5-11-21-17-9-8-15-6-4-7-16(15)12-17/h8-9,12,14,20H,4-7,10-11H2,1-3H3. The van der Waals surface area contributed by atoms with Crippen molar-refractivity contribution >= 4 is 11.8 Å². The van der Waals surface area contributed by atoms with Gasteiger partial charge in [0, 0.05) is 10.9 Å². The second kappa shape index (κ2) is 7.33. The molecule has 1 aliphatic rings. The monoisotopic (exact) mass is 302 g/mol. The Kier molecular flexibility index (Phi) is 5.72. The van der Waals surface area contributed by atoms with Crippen LogP contribution >= 0.6 is 11.8 Å². The fourth-order valence-corrected chi connectivity index (χ4v) is 3.97. The van der Waals surface area contributed by atoms with Gasteiger partial charge >= 0.3 is 0 Å². The van der Waals surface area contributed by atoms with Gasteiger partial charge in [-0.3, -0.25) is 5.32 Å². The van der Waals surface area contributed by atoms with E-state index >= 15 is 0 Å². The molecule has 0 bridgehead atoms. The molecule has 0 amide bonds. The van der Waals surface area contributed by atoms with E-state index in [1.54, 1.807) is 5.56 Å². The number of nitrogens with one attached hydrogen (secondary N) is 1. The Bertz CT molecular complexity index is 518. The molecule has 1 unspecified atom stereocenters.